The summed E-state index contributed by atoms with van der Waals surface area (Å²) in [5, 5.41) is 10.7. The van der Waals surface area contributed by atoms with Crippen LogP contribution in [-0.4, -0.2) is 25.5 Å². The lowest BCUT2D eigenvalue weighted by atomic mass is 10.3. The second-order valence-corrected chi connectivity index (χ2v) is 3.76. The molecule has 17 heavy (non-hydrogen) atoms. The first-order chi connectivity index (χ1) is 8.08. The third kappa shape index (κ3) is 2.27. The van der Waals surface area contributed by atoms with Crippen molar-refractivity contribution in [1.82, 2.24) is 24.9 Å². The van der Waals surface area contributed by atoms with Gasteiger partial charge in [0.25, 0.3) is 5.91 Å². The highest BCUT2D eigenvalue weighted by Gasteiger charge is 2.09. The standard InChI is InChI=1S/C10H14N6O/c1-15-6-8(5-13-15)10(17)12-3-7-4-14-16(2)9(7)11/h4-6H,3,11H2,1-2H3,(H,12,17). The van der Waals surface area contributed by atoms with E-state index in [0.717, 1.165) is 5.56 Å². The van der Waals surface area contributed by atoms with E-state index in [-0.39, 0.29) is 5.91 Å². The minimum absolute atomic E-state index is 0.179. The van der Waals surface area contributed by atoms with Crippen molar-refractivity contribution in [2.45, 2.75) is 6.54 Å². The van der Waals surface area contributed by atoms with Gasteiger partial charge in [-0.25, -0.2) is 0 Å². The van der Waals surface area contributed by atoms with Crippen LogP contribution in [-0.2, 0) is 20.6 Å². The van der Waals surface area contributed by atoms with Gasteiger partial charge in [-0.3, -0.25) is 14.2 Å². The number of nitrogens with one attached hydrogen (secondary N) is 1. The van der Waals surface area contributed by atoms with Gasteiger partial charge in [0, 0.05) is 32.4 Å². The monoisotopic (exact) mass is 234 g/mol. The molecular formula is C10H14N6O. The van der Waals surface area contributed by atoms with Gasteiger partial charge < -0.3 is 11.1 Å². The first-order valence-electron chi connectivity index (χ1n) is 5.11. The zero-order valence-electron chi connectivity index (χ0n) is 9.71. The van der Waals surface area contributed by atoms with Crippen molar-refractivity contribution in [3.8, 4) is 0 Å². The molecule has 2 heterocycles. The molecule has 0 saturated heterocycles. The fourth-order valence-corrected chi connectivity index (χ4v) is 1.44. The highest BCUT2D eigenvalue weighted by atomic mass is 16.1. The third-order valence-electron chi connectivity index (χ3n) is 2.47. The van der Waals surface area contributed by atoms with Crippen LogP contribution < -0.4 is 11.1 Å². The number of aromatic nitrogens is 4. The predicted octanol–water partition coefficient (Wildman–Crippen LogP) is -0.334. The van der Waals surface area contributed by atoms with E-state index >= 15 is 0 Å². The maximum absolute atomic E-state index is 11.7. The Balaban J connectivity index is 1.99. The second-order valence-electron chi connectivity index (χ2n) is 3.76. The average Bonchev–Trinajstić information content (AvgIpc) is 2.86. The molecule has 0 aliphatic carbocycles. The van der Waals surface area contributed by atoms with Crippen LogP contribution in [0.1, 0.15) is 15.9 Å². The van der Waals surface area contributed by atoms with E-state index in [4.69, 9.17) is 5.73 Å². The molecule has 0 aliphatic heterocycles. The predicted molar refractivity (Wildman–Crippen MR) is 62.0 cm³/mol. The lowest BCUT2D eigenvalue weighted by Crippen LogP contribution is -2.22. The molecule has 0 saturated carbocycles. The molecule has 2 aromatic heterocycles. The van der Waals surface area contributed by atoms with Crippen LogP contribution in [0.5, 0.6) is 0 Å². The van der Waals surface area contributed by atoms with E-state index in [9.17, 15) is 4.79 Å². The Labute approximate surface area is 98.2 Å². The first-order valence-corrected chi connectivity index (χ1v) is 5.11. The van der Waals surface area contributed by atoms with Gasteiger partial charge in [-0.2, -0.15) is 10.2 Å². The zero-order chi connectivity index (χ0) is 12.4. The molecule has 0 spiro atoms. The van der Waals surface area contributed by atoms with Gasteiger partial charge in [0.1, 0.15) is 5.82 Å². The van der Waals surface area contributed by atoms with Crippen molar-refractivity contribution in [1.29, 1.82) is 0 Å². The smallest absolute Gasteiger partial charge is 0.254 e. The van der Waals surface area contributed by atoms with Gasteiger partial charge in [-0.15, -0.1) is 0 Å². The summed E-state index contributed by atoms with van der Waals surface area (Å²) in [4.78, 5) is 11.7. The number of hydrogen-bond acceptors (Lipinski definition) is 4. The number of anilines is 1. The van der Waals surface area contributed by atoms with E-state index in [2.05, 4.69) is 15.5 Å². The van der Waals surface area contributed by atoms with Crippen molar-refractivity contribution in [3.63, 3.8) is 0 Å². The van der Waals surface area contributed by atoms with Crippen molar-refractivity contribution in [3.05, 3.63) is 29.7 Å². The summed E-state index contributed by atoms with van der Waals surface area (Å²) >= 11 is 0. The highest BCUT2D eigenvalue weighted by Crippen LogP contribution is 2.08. The summed E-state index contributed by atoms with van der Waals surface area (Å²) in [5.74, 6) is 0.373. The van der Waals surface area contributed by atoms with Gasteiger partial charge in [0.05, 0.1) is 18.0 Å². The summed E-state index contributed by atoms with van der Waals surface area (Å²) < 4.78 is 3.14. The Kier molecular flexibility index (Phi) is 2.82. The van der Waals surface area contributed by atoms with Crippen molar-refractivity contribution < 1.29 is 4.79 Å². The Bertz CT molecular complexity index is 541. The fraction of sp³-hybridized carbons (Fsp3) is 0.300. The van der Waals surface area contributed by atoms with Crippen LogP contribution in [0.25, 0.3) is 0 Å². The molecule has 1 amide bonds. The minimum Gasteiger partial charge on any atom is -0.384 e. The molecule has 0 bridgehead atoms. The number of carbonyl (C=O) groups is 1. The molecular weight excluding hydrogens is 220 g/mol. The summed E-state index contributed by atoms with van der Waals surface area (Å²) in [7, 11) is 3.51. The van der Waals surface area contributed by atoms with E-state index in [0.29, 0.717) is 17.9 Å². The Morgan fingerprint density at radius 2 is 2.18 bits per heavy atom. The van der Waals surface area contributed by atoms with E-state index in [1.54, 1.807) is 35.9 Å². The molecule has 0 aromatic carbocycles. The summed E-state index contributed by atoms with van der Waals surface area (Å²) in [6, 6.07) is 0. The van der Waals surface area contributed by atoms with Gasteiger partial charge in [-0.05, 0) is 0 Å². The molecule has 7 heteroatoms. The number of aryl methyl sites for hydroxylation is 2. The average molecular weight is 234 g/mol. The van der Waals surface area contributed by atoms with Crippen LogP contribution in [0.3, 0.4) is 0 Å². The SMILES string of the molecule is Cn1cc(C(=O)NCc2cnn(C)c2N)cn1. The van der Waals surface area contributed by atoms with Crippen LogP contribution in [0, 0.1) is 0 Å². The van der Waals surface area contributed by atoms with Crippen LogP contribution >= 0.6 is 0 Å². The third-order valence-corrected chi connectivity index (χ3v) is 2.47. The fourth-order valence-electron chi connectivity index (χ4n) is 1.44. The number of nitrogens with two attached hydrogens (primary N) is 1. The van der Waals surface area contributed by atoms with Crippen molar-refractivity contribution in [2.75, 3.05) is 5.73 Å². The Morgan fingerprint density at radius 1 is 1.41 bits per heavy atom. The van der Waals surface area contributed by atoms with Crippen LogP contribution in [0.2, 0.25) is 0 Å². The highest BCUT2D eigenvalue weighted by molar-refractivity contribution is 5.93. The zero-order valence-corrected chi connectivity index (χ0v) is 9.71. The number of amides is 1. The molecule has 0 fully saturated rings. The number of nitrogens with zero attached hydrogens (tertiary/aromatic N) is 4. The van der Waals surface area contributed by atoms with E-state index < -0.39 is 0 Å². The van der Waals surface area contributed by atoms with Crippen LogP contribution in [0.15, 0.2) is 18.6 Å². The molecule has 3 N–H and O–H groups in total. The van der Waals surface area contributed by atoms with E-state index in [1.807, 2.05) is 0 Å². The van der Waals surface area contributed by atoms with Gasteiger partial charge >= 0.3 is 0 Å². The van der Waals surface area contributed by atoms with Gasteiger partial charge in [0.15, 0.2) is 0 Å². The summed E-state index contributed by atoms with van der Waals surface area (Å²) in [6.45, 7) is 0.355. The Hall–Kier alpha value is -2.31. The largest absolute Gasteiger partial charge is 0.384 e. The molecule has 0 unspecified atom stereocenters. The minimum atomic E-state index is -0.179. The molecule has 0 aliphatic rings. The molecule has 0 atom stereocenters. The molecule has 90 valence electrons. The van der Waals surface area contributed by atoms with Crippen molar-refractivity contribution in [2.24, 2.45) is 14.1 Å². The topological polar surface area (TPSA) is 90.8 Å². The molecule has 2 aromatic rings. The number of hydrogen-bond donors (Lipinski definition) is 2. The molecule has 7 nitrogen and oxygen atoms in total. The Morgan fingerprint density at radius 3 is 2.71 bits per heavy atom. The van der Waals surface area contributed by atoms with Crippen molar-refractivity contribution >= 4 is 11.7 Å². The van der Waals surface area contributed by atoms with Gasteiger partial charge in [0.2, 0.25) is 0 Å². The van der Waals surface area contributed by atoms with Gasteiger partial charge in [-0.1, -0.05) is 0 Å². The first kappa shape index (κ1) is 11.2. The summed E-state index contributed by atoms with van der Waals surface area (Å²) in [5.41, 5.74) is 7.08. The summed E-state index contributed by atoms with van der Waals surface area (Å²) in [6.07, 6.45) is 4.81. The maximum Gasteiger partial charge on any atom is 0.254 e. The van der Waals surface area contributed by atoms with Crippen LogP contribution in [0.4, 0.5) is 5.82 Å². The maximum atomic E-state index is 11.7. The lowest BCUT2D eigenvalue weighted by molar-refractivity contribution is 0.0951. The molecule has 0 radical (unpaired) electrons. The lowest BCUT2D eigenvalue weighted by Gasteiger charge is -2.02. The molecule has 2 rings (SSSR count). The number of rotatable bonds is 3. The van der Waals surface area contributed by atoms with E-state index in [1.165, 1.54) is 6.20 Å². The number of carbonyl (C=O) groups excluding carboxylic acids is 1. The number of nitrogen functional groups attached to an aromatic ring is 1. The second kappa shape index (κ2) is 4.28. The quantitative estimate of drug-likeness (QED) is 0.760. The normalized spacial score (nSPS) is 10.5.